The molecule has 11 N–H and O–H groups in total. The van der Waals surface area contributed by atoms with Crippen LogP contribution in [0, 0.1) is 0 Å². The number of carbonyl (C=O) groups is 5. The third-order valence-corrected chi connectivity index (χ3v) is 6.09. The van der Waals surface area contributed by atoms with Crippen molar-refractivity contribution in [1.82, 2.24) is 16.0 Å². The highest BCUT2D eigenvalue weighted by Crippen LogP contribution is 2.08. The van der Waals surface area contributed by atoms with Crippen LogP contribution < -0.4 is 33.2 Å². The number of aliphatic carboxylic acids is 2. The first kappa shape index (κ1) is 33.2. The molecule has 0 saturated heterocycles. The van der Waals surface area contributed by atoms with Gasteiger partial charge in [0.25, 0.3) is 0 Å². The van der Waals surface area contributed by atoms with Gasteiger partial charge in [0.15, 0.2) is 5.96 Å². The zero-order chi connectivity index (χ0) is 29.4. The number of hydrogen-bond acceptors (Lipinski definition) is 8. The molecule has 1 rings (SSSR count). The molecule has 3 amide bonds. The molecule has 14 nitrogen and oxygen atoms in total. The number of hydrogen-bond donors (Lipinski definition) is 8. The van der Waals surface area contributed by atoms with E-state index in [0.29, 0.717) is 11.3 Å². The molecule has 4 unspecified atom stereocenters. The normalized spacial score (nSPS) is 13.7. The maximum atomic E-state index is 13.3. The zero-order valence-corrected chi connectivity index (χ0v) is 22.5. The number of carbonyl (C=O) groups excluding carboxylic acids is 3. The predicted molar refractivity (Wildman–Crippen MR) is 147 cm³/mol. The Morgan fingerprint density at radius 3 is 2.05 bits per heavy atom. The van der Waals surface area contributed by atoms with E-state index in [0.717, 1.165) is 0 Å². The lowest BCUT2D eigenvalue weighted by Crippen LogP contribution is -2.57. The van der Waals surface area contributed by atoms with Crippen molar-refractivity contribution >= 4 is 47.4 Å². The topological polar surface area (TPSA) is 252 Å². The first-order valence-electron chi connectivity index (χ1n) is 12.1. The minimum absolute atomic E-state index is 0.0199. The molecular weight excluding hydrogens is 530 g/mol. The SMILES string of the molecule is CSCCC(NC(=O)C(CCCN=C(N)N)NC(=O)C(Cc1ccccc1)NC(=O)C(N)CC(=O)O)C(=O)O. The van der Waals surface area contributed by atoms with Crippen LogP contribution in [0.1, 0.15) is 31.2 Å². The van der Waals surface area contributed by atoms with Crippen molar-refractivity contribution in [2.24, 2.45) is 22.2 Å². The van der Waals surface area contributed by atoms with Gasteiger partial charge in [-0.25, -0.2) is 4.79 Å². The van der Waals surface area contributed by atoms with Crippen molar-refractivity contribution in [1.29, 1.82) is 0 Å². The van der Waals surface area contributed by atoms with E-state index in [-0.39, 0.29) is 38.2 Å². The summed E-state index contributed by atoms with van der Waals surface area (Å²) < 4.78 is 0. The molecule has 0 aromatic heterocycles. The summed E-state index contributed by atoms with van der Waals surface area (Å²) in [4.78, 5) is 65.4. The monoisotopic (exact) mass is 567 g/mol. The van der Waals surface area contributed by atoms with Crippen LogP contribution in [0.15, 0.2) is 35.3 Å². The Morgan fingerprint density at radius 2 is 1.49 bits per heavy atom. The van der Waals surface area contributed by atoms with Gasteiger partial charge in [-0.15, -0.1) is 0 Å². The van der Waals surface area contributed by atoms with Gasteiger partial charge in [0, 0.05) is 13.0 Å². The van der Waals surface area contributed by atoms with Crippen molar-refractivity contribution in [3.8, 4) is 0 Å². The molecule has 0 aliphatic heterocycles. The largest absolute Gasteiger partial charge is 0.481 e. The molecule has 0 radical (unpaired) electrons. The highest BCUT2D eigenvalue weighted by atomic mass is 32.2. The third-order valence-electron chi connectivity index (χ3n) is 5.45. The Bertz CT molecular complexity index is 1010. The van der Waals surface area contributed by atoms with Gasteiger partial charge in [-0.2, -0.15) is 11.8 Å². The van der Waals surface area contributed by atoms with E-state index in [9.17, 15) is 29.1 Å². The highest BCUT2D eigenvalue weighted by Gasteiger charge is 2.30. The van der Waals surface area contributed by atoms with E-state index >= 15 is 0 Å². The number of carboxylic acids is 2. The molecule has 39 heavy (non-hydrogen) atoms. The quantitative estimate of drug-likeness (QED) is 0.0568. The van der Waals surface area contributed by atoms with Crippen molar-refractivity contribution in [3.05, 3.63) is 35.9 Å². The lowest BCUT2D eigenvalue weighted by atomic mass is 10.0. The van der Waals surface area contributed by atoms with Gasteiger partial charge >= 0.3 is 11.9 Å². The summed E-state index contributed by atoms with van der Waals surface area (Å²) in [5, 5.41) is 25.9. The van der Waals surface area contributed by atoms with Crippen LogP contribution in [0.3, 0.4) is 0 Å². The number of nitrogens with two attached hydrogens (primary N) is 3. The van der Waals surface area contributed by atoms with Crippen molar-refractivity contribution in [2.45, 2.75) is 56.3 Å². The van der Waals surface area contributed by atoms with Crippen LogP contribution >= 0.6 is 11.8 Å². The Labute approximate surface area is 230 Å². The lowest BCUT2D eigenvalue weighted by Gasteiger charge is -2.25. The second kappa shape index (κ2) is 17.6. The van der Waals surface area contributed by atoms with E-state index in [1.54, 1.807) is 36.6 Å². The average Bonchev–Trinajstić information content (AvgIpc) is 2.87. The molecule has 0 bridgehead atoms. The second-order valence-electron chi connectivity index (χ2n) is 8.65. The zero-order valence-electron chi connectivity index (χ0n) is 21.7. The number of benzene rings is 1. The maximum absolute atomic E-state index is 13.3. The van der Waals surface area contributed by atoms with Crippen LogP contribution in [0.25, 0.3) is 0 Å². The standard InChI is InChI=1S/C24H37N7O7S/c1-39-11-9-17(23(37)38)30-21(35)16(8-5-10-28-24(26)27)29-22(36)18(12-14-6-3-2-4-7-14)31-20(34)15(25)13-19(32)33/h2-4,6-7,15-18H,5,8-13,25H2,1H3,(H,29,36)(H,30,35)(H,31,34)(H,32,33)(H,37,38)(H4,26,27,28). The summed E-state index contributed by atoms with van der Waals surface area (Å²) in [6.07, 6.45) is 1.69. The molecule has 0 aliphatic rings. The molecule has 15 heteroatoms. The minimum atomic E-state index is -1.40. The van der Waals surface area contributed by atoms with E-state index in [1.807, 2.05) is 0 Å². The second-order valence-corrected chi connectivity index (χ2v) is 9.63. The van der Waals surface area contributed by atoms with Gasteiger partial charge < -0.3 is 43.4 Å². The number of rotatable bonds is 18. The van der Waals surface area contributed by atoms with Gasteiger partial charge in [0.1, 0.15) is 18.1 Å². The fraction of sp³-hybridized carbons (Fsp3) is 0.500. The average molecular weight is 568 g/mol. The Morgan fingerprint density at radius 1 is 0.897 bits per heavy atom. The van der Waals surface area contributed by atoms with Crippen LogP contribution in [-0.2, 0) is 30.4 Å². The molecule has 0 fully saturated rings. The lowest BCUT2D eigenvalue weighted by molar-refractivity contribution is -0.142. The molecular formula is C24H37N7O7S. The summed E-state index contributed by atoms with van der Waals surface area (Å²) in [5.74, 6) is -4.49. The Hall–Kier alpha value is -3.85. The first-order chi connectivity index (χ1) is 18.4. The van der Waals surface area contributed by atoms with Gasteiger partial charge in [0.2, 0.25) is 17.7 Å². The number of carboxylic acid groups (broad SMARTS) is 2. The molecule has 0 aliphatic carbocycles. The molecule has 0 saturated carbocycles. The molecule has 216 valence electrons. The van der Waals surface area contributed by atoms with Crippen LogP contribution in [0.2, 0.25) is 0 Å². The molecule has 0 heterocycles. The number of nitrogens with zero attached hydrogens (tertiary/aromatic N) is 1. The first-order valence-corrected chi connectivity index (χ1v) is 13.5. The third kappa shape index (κ3) is 13.5. The Kier molecular flexibility index (Phi) is 15.0. The maximum Gasteiger partial charge on any atom is 0.326 e. The summed E-state index contributed by atoms with van der Waals surface area (Å²) >= 11 is 1.42. The highest BCUT2D eigenvalue weighted by molar-refractivity contribution is 7.98. The van der Waals surface area contributed by atoms with E-state index in [1.165, 1.54) is 11.8 Å². The van der Waals surface area contributed by atoms with E-state index in [2.05, 4.69) is 20.9 Å². The van der Waals surface area contributed by atoms with Gasteiger partial charge in [0.05, 0.1) is 12.5 Å². The fourth-order valence-electron chi connectivity index (χ4n) is 3.43. The number of guanidine groups is 1. The van der Waals surface area contributed by atoms with Crippen LogP contribution in [0.4, 0.5) is 0 Å². The summed E-state index contributed by atoms with van der Waals surface area (Å²) in [6.45, 7) is 0.158. The predicted octanol–water partition coefficient (Wildman–Crippen LogP) is -1.62. The molecule has 4 atom stereocenters. The van der Waals surface area contributed by atoms with E-state index < -0.39 is 60.2 Å². The van der Waals surface area contributed by atoms with Crippen molar-refractivity contribution in [3.63, 3.8) is 0 Å². The number of thioether (sulfide) groups is 1. The number of amides is 3. The minimum Gasteiger partial charge on any atom is -0.481 e. The van der Waals surface area contributed by atoms with Gasteiger partial charge in [-0.1, -0.05) is 30.3 Å². The number of nitrogens with one attached hydrogen (secondary N) is 3. The van der Waals surface area contributed by atoms with Gasteiger partial charge in [-0.3, -0.25) is 24.2 Å². The molecule has 1 aromatic carbocycles. The summed E-state index contributed by atoms with van der Waals surface area (Å²) in [5.41, 5.74) is 17.0. The fourth-order valence-corrected chi connectivity index (χ4v) is 3.90. The molecule has 0 spiro atoms. The van der Waals surface area contributed by atoms with Crippen molar-refractivity contribution in [2.75, 3.05) is 18.6 Å². The van der Waals surface area contributed by atoms with Gasteiger partial charge in [-0.05, 0) is 36.8 Å². The van der Waals surface area contributed by atoms with Crippen molar-refractivity contribution < 1.29 is 34.2 Å². The summed E-state index contributed by atoms with van der Waals surface area (Å²) in [6, 6.07) is 3.75. The van der Waals surface area contributed by atoms with Crippen LogP contribution in [-0.4, -0.2) is 88.6 Å². The smallest absolute Gasteiger partial charge is 0.326 e. The summed E-state index contributed by atoms with van der Waals surface area (Å²) in [7, 11) is 0. The Balaban J connectivity index is 3.14. The molecule has 1 aromatic rings. The number of aliphatic imine (C=N–C) groups is 1. The van der Waals surface area contributed by atoms with Crippen LogP contribution in [0.5, 0.6) is 0 Å². The van der Waals surface area contributed by atoms with E-state index in [4.69, 9.17) is 22.3 Å².